The average Bonchev–Trinajstić information content (AvgIpc) is 1.98. The van der Waals surface area contributed by atoms with E-state index < -0.39 is 0 Å². The highest BCUT2D eigenvalue weighted by atomic mass is 35.5. The molecule has 0 atom stereocenters. The number of hydrogen-bond acceptors (Lipinski definition) is 1. The van der Waals surface area contributed by atoms with Gasteiger partial charge in [-0.2, -0.15) is 0 Å². The summed E-state index contributed by atoms with van der Waals surface area (Å²) in [5.41, 5.74) is 0. The zero-order chi connectivity index (χ0) is 9.84. The molecule has 0 radical (unpaired) electrons. The lowest BCUT2D eigenvalue weighted by Crippen LogP contribution is -2.35. The molecule has 78 valence electrons. The molecule has 0 spiro atoms. The second kappa shape index (κ2) is 5.21. The Labute approximate surface area is 87.4 Å². The molecular formula is C11H22ClN. The van der Waals surface area contributed by atoms with E-state index in [1.165, 1.54) is 32.4 Å². The van der Waals surface area contributed by atoms with Gasteiger partial charge < -0.3 is 4.90 Å². The summed E-state index contributed by atoms with van der Waals surface area (Å²) in [7, 11) is 2.23. The molecule has 0 saturated heterocycles. The van der Waals surface area contributed by atoms with Crippen LogP contribution in [0.5, 0.6) is 0 Å². The normalized spacial score (nSPS) is 28.2. The van der Waals surface area contributed by atoms with E-state index in [0.717, 1.165) is 11.8 Å². The highest BCUT2D eigenvalue weighted by Gasteiger charge is 2.27. The molecule has 0 aromatic carbocycles. The summed E-state index contributed by atoms with van der Waals surface area (Å²) < 4.78 is 0. The Morgan fingerprint density at radius 3 is 2.46 bits per heavy atom. The van der Waals surface area contributed by atoms with Gasteiger partial charge in [-0.3, -0.25) is 0 Å². The fraction of sp³-hybridized carbons (Fsp3) is 1.00. The van der Waals surface area contributed by atoms with E-state index in [0.29, 0.717) is 5.38 Å². The molecule has 13 heavy (non-hydrogen) atoms. The quantitative estimate of drug-likeness (QED) is 0.621. The maximum absolute atomic E-state index is 5.94. The molecule has 0 heterocycles. The highest BCUT2D eigenvalue weighted by Crippen LogP contribution is 2.32. The van der Waals surface area contributed by atoms with Gasteiger partial charge in [0.05, 0.1) is 0 Å². The first-order valence-electron chi connectivity index (χ1n) is 5.40. The molecule has 2 heteroatoms. The third kappa shape index (κ3) is 4.33. The second-order valence-corrected chi connectivity index (χ2v) is 5.50. The summed E-state index contributed by atoms with van der Waals surface area (Å²) in [5, 5.41) is 0.475. The van der Waals surface area contributed by atoms with Crippen LogP contribution in [-0.4, -0.2) is 30.4 Å². The van der Waals surface area contributed by atoms with Gasteiger partial charge in [0.15, 0.2) is 0 Å². The van der Waals surface area contributed by atoms with E-state index in [9.17, 15) is 0 Å². The van der Waals surface area contributed by atoms with Crippen molar-refractivity contribution in [1.82, 2.24) is 4.90 Å². The summed E-state index contributed by atoms with van der Waals surface area (Å²) in [6, 6.07) is 0. The summed E-state index contributed by atoms with van der Waals surface area (Å²) >= 11 is 5.94. The van der Waals surface area contributed by atoms with Gasteiger partial charge in [-0.15, -0.1) is 11.6 Å². The van der Waals surface area contributed by atoms with Crippen LogP contribution in [0.3, 0.4) is 0 Å². The minimum atomic E-state index is 0.475. The van der Waals surface area contributed by atoms with Crippen LogP contribution in [0.15, 0.2) is 0 Å². The fourth-order valence-electron chi connectivity index (χ4n) is 1.81. The first-order valence-corrected chi connectivity index (χ1v) is 5.84. The zero-order valence-corrected chi connectivity index (χ0v) is 9.85. The number of nitrogens with zero attached hydrogens (tertiary/aromatic N) is 1. The first-order chi connectivity index (χ1) is 6.08. The summed E-state index contributed by atoms with van der Waals surface area (Å²) in [5.74, 6) is 1.70. The Bertz CT molecular complexity index is 141. The highest BCUT2D eigenvalue weighted by molar-refractivity contribution is 6.21. The monoisotopic (exact) mass is 203 g/mol. The Balaban J connectivity index is 2.01. The average molecular weight is 204 g/mol. The number of rotatable bonds is 5. The van der Waals surface area contributed by atoms with Crippen molar-refractivity contribution in [3.05, 3.63) is 0 Å². The molecule has 1 fully saturated rings. The van der Waals surface area contributed by atoms with E-state index in [1.54, 1.807) is 0 Å². The predicted molar refractivity (Wildman–Crippen MR) is 59.3 cm³/mol. The smallest absolute Gasteiger partial charge is 0.0342 e. The topological polar surface area (TPSA) is 3.24 Å². The molecule has 1 nitrogen and oxygen atoms in total. The lowest BCUT2D eigenvalue weighted by Gasteiger charge is -2.34. The third-order valence-corrected chi connectivity index (χ3v) is 3.19. The number of halogens is 1. The van der Waals surface area contributed by atoms with E-state index in [2.05, 4.69) is 25.8 Å². The molecule has 0 aromatic heterocycles. The van der Waals surface area contributed by atoms with E-state index >= 15 is 0 Å². The second-order valence-electron chi connectivity index (χ2n) is 4.88. The zero-order valence-electron chi connectivity index (χ0n) is 9.09. The van der Waals surface area contributed by atoms with Crippen molar-refractivity contribution in [2.75, 3.05) is 20.1 Å². The van der Waals surface area contributed by atoms with E-state index in [1.807, 2.05) is 0 Å². The lowest BCUT2D eigenvalue weighted by molar-refractivity contribution is 0.202. The van der Waals surface area contributed by atoms with Crippen molar-refractivity contribution in [2.45, 2.75) is 38.5 Å². The van der Waals surface area contributed by atoms with Crippen molar-refractivity contribution in [2.24, 2.45) is 11.8 Å². The number of hydrogen-bond donors (Lipinski definition) is 0. The van der Waals surface area contributed by atoms with Crippen LogP contribution in [0, 0.1) is 11.8 Å². The summed E-state index contributed by atoms with van der Waals surface area (Å²) in [4.78, 5) is 2.45. The third-order valence-electron chi connectivity index (χ3n) is 2.84. The van der Waals surface area contributed by atoms with Crippen LogP contribution in [0.4, 0.5) is 0 Å². The number of alkyl halides is 1. The summed E-state index contributed by atoms with van der Waals surface area (Å²) in [6.45, 7) is 7.05. The van der Waals surface area contributed by atoms with Gasteiger partial charge >= 0.3 is 0 Å². The van der Waals surface area contributed by atoms with E-state index in [-0.39, 0.29) is 0 Å². The molecule has 1 rings (SSSR count). The minimum Gasteiger partial charge on any atom is -0.306 e. The van der Waals surface area contributed by atoms with Gasteiger partial charge in [-0.05, 0) is 44.7 Å². The standard InChI is InChI=1S/C11H22ClN/c1-9(2)4-5-13(3)8-10-6-11(12)7-10/h9-11H,4-8H2,1-3H3. The van der Waals surface area contributed by atoms with Crippen molar-refractivity contribution < 1.29 is 0 Å². The van der Waals surface area contributed by atoms with Gasteiger partial charge in [-0.1, -0.05) is 13.8 Å². The Hall–Kier alpha value is 0.250. The predicted octanol–water partition coefficient (Wildman–Crippen LogP) is 2.98. The van der Waals surface area contributed by atoms with Crippen molar-refractivity contribution in [1.29, 1.82) is 0 Å². The van der Waals surface area contributed by atoms with Crippen LogP contribution in [0.1, 0.15) is 33.1 Å². The Morgan fingerprint density at radius 1 is 1.38 bits per heavy atom. The molecule has 0 unspecified atom stereocenters. The van der Waals surface area contributed by atoms with Crippen LogP contribution >= 0.6 is 11.6 Å². The first kappa shape index (κ1) is 11.3. The maximum Gasteiger partial charge on any atom is 0.0342 e. The molecular weight excluding hydrogens is 182 g/mol. The largest absolute Gasteiger partial charge is 0.306 e. The van der Waals surface area contributed by atoms with Gasteiger partial charge in [0, 0.05) is 11.9 Å². The SMILES string of the molecule is CC(C)CCN(C)CC1CC(Cl)C1. The van der Waals surface area contributed by atoms with Crippen molar-refractivity contribution >= 4 is 11.6 Å². The van der Waals surface area contributed by atoms with Crippen LogP contribution in [-0.2, 0) is 0 Å². The van der Waals surface area contributed by atoms with Crippen LogP contribution < -0.4 is 0 Å². The minimum absolute atomic E-state index is 0.475. The molecule has 0 aliphatic heterocycles. The maximum atomic E-state index is 5.94. The molecule has 1 aliphatic rings. The molecule has 1 aliphatic carbocycles. The van der Waals surface area contributed by atoms with Gasteiger partial charge in [-0.25, -0.2) is 0 Å². The van der Waals surface area contributed by atoms with Crippen LogP contribution in [0.25, 0.3) is 0 Å². The molecule has 0 amide bonds. The lowest BCUT2D eigenvalue weighted by atomic mass is 9.84. The van der Waals surface area contributed by atoms with Crippen molar-refractivity contribution in [3.8, 4) is 0 Å². The van der Waals surface area contributed by atoms with Gasteiger partial charge in [0.25, 0.3) is 0 Å². The Kier molecular flexibility index (Phi) is 4.54. The van der Waals surface area contributed by atoms with Crippen LogP contribution in [0.2, 0.25) is 0 Å². The summed E-state index contributed by atoms with van der Waals surface area (Å²) in [6.07, 6.45) is 3.77. The van der Waals surface area contributed by atoms with Crippen molar-refractivity contribution in [3.63, 3.8) is 0 Å². The van der Waals surface area contributed by atoms with Gasteiger partial charge in [0.1, 0.15) is 0 Å². The Morgan fingerprint density at radius 2 is 2.00 bits per heavy atom. The fourth-order valence-corrected chi connectivity index (χ4v) is 2.32. The molecule has 0 N–H and O–H groups in total. The van der Waals surface area contributed by atoms with Gasteiger partial charge in [0.2, 0.25) is 0 Å². The molecule has 1 saturated carbocycles. The molecule has 0 aromatic rings. The molecule has 0 bridgehead atoms. The van der Waals surface area contributed by atoms with E-state index in [4.69, 9.17) is 11.6 Å².